The topological polar surface area (TPSA) is 146 Å². The van der Waals surface area contributed by atoms with Crippen LogP contribution in [-0.2, 0) is 9.47 Å². The Morgan fingerprint density at radius 1 is 0.614 bits per heavy atom. The molecule has 1 saturated heterocycles. The number of pyridine rings is 2. The average molecular weight is 595 g/mol. The molecule has 12 heteroatoms. The maximum absolute atomic E-state index is 12.6. The Kier molecular flexibility index (Phi) is 9.98. The van der Waals surface area contributed by atoms with E-state index in [9.17, 15) is 9.59 Å². The van der Waals surface area contributed by atoms with Gasteiger partial charge in [-0.25, -0.2) is 10.9 Å². The summed E-state index contributed by atoms with van der Waals surface area (Å²) in [7, 11) is 0. The molecular formula is C32H30N6O6. The van der Waals surface area contributed by atoms with E-state index < -0.39 is 12.6 Å². The van der Waals surface area contributed by atoms with Crippen LogP contribution in [-0.4, -0.2) is 59.0 Å². The number of hydrazone groups is 2. The second-order valence-corrected chi connectivity index (χ2v) is 9.51. The van der Waals surface area contributed by atoms with Crippen LogP contribution >= 0.6 is 0 Å². The summed E-state index contributed by atoms with van der Waals surface area (Å²) in [5.41, 5.74) is 8.93. The Morgan fingerprint density at radius 3 is 1.34 bits per heavy atom. The third-order valence-electron chi connectivity index (χ3n) is 6.45. The molecular weight excluding hydrogens is 564 g/mol. The number of amides is 2. The van der Waals surface area contributed by atoms with Crippen molar-refractivity contribution in [3.8, 4) is 11.5 Å². The average Bonchev–Trinajstić information content (AvgIpc) is 3.08. The molecule has 0 aliphatic carbocycles. The fraction of sp³-hybridized carbons (Fsp3) is 0.188. The zero-order chi connectivity index (χ0) is 30.7. The number of hydrogen-bond acceptors (Lipinski definition) is 10. The van der Waals surface area contributed by atoms with E-state index in [2.05, 4.69) is 31.0 Å². The van der Waals surface area contributed by atoms with Crippen LogP contribution in [0.4, 0.5) is 0 Å². The number of nitrogens with zero attached hydrogens (tertiary/aromatic N) is 4. The molecule has 44 heavy (non-hydrogen) atoms. The number of aromatic nitrogens is 2. The van der Waals surface area contributed by atoms with E-state index in [1.807, 2.05) is 24.3 Å². The van der Waals surface area contributed by atoms with Crippen molar-refractivity contribution in [2.45, 2.75) is 26.4 Å². The molecule has 2 amide bonds. The molecule has 2 aromatic heterocycles. The first kappa shape index (κ1) is 30.0. The lowest BCUT2D eigenvalue weighted by Crippen LogP contribution is -2.45. The van der Waals surface area contributed by atoms with Gasteiger partial charge in [0.1, 0.15) is 11.5 Å². The summed E-state index contributed by atoms with van der Waals surface area (Å²) in [5.74, 6) is 0.181. The standard InChI is InChI=1S/C32H30N6O6/c1-21(23-11-15-33-16-12-23)35-37-29(39)25-3-7-27(8-4-25)43-31-32(42-20-19-41-31)44-28-9-5-26(6-10-28)30(40)38-36-22(2)24-13-17-34-18-14-24/h3-18,31-32H,19-20H2,1-2H3,(H,37,39)(H,38,40)/b35-21+,36-22+/t31-,32-/m1/s1. The molecule has 1 fully saturated rings. The van der Waals surface area contributed by atoms with Crippen LogP contribution in [0.5, 0.6) is 11.5 Å². The molecule has 12 nitrogen and oxygen atoms in total. The van der Waals surface area contributed by atoms with E-state index in [1.54, 1.807) is 87.2 Å². The van der Waals surface area contributed by atoms with Gasteiger partial charge in [0, 0.05) is 47.0 Å². The van der Waals surface area contributed by atoms with Crippen molar-refractivity contribution in [3.05, 3.63) is 120 Å². The number of carbonyl (C=O) groups is 2. The van der Waals surface area contributed by atoms with E-state index in [0.29, 0.717) is 47.3 Å². The maximum Gasteiger partial charge on any atom is 0.271 e. The Morgan fingerprint density at radius 2 is 0.977 bits per heavy atom. The van der Waals surface area contributed by atoms with E-state index in [4.69, 9.17) is 18.9 Å². The summed E-state index contributed by atoms with van der Waals surface area (Å²) in [6.07, 6.45) is 4.89. The summed E-state index contributed by atoms with van der Waals surface area (Å²) in [6, 6.07) is 20.3. The molecule has 5 rings (SSSR count). The summed E-state index contributed by atoms with van der Waals surface area (Å²) < 4.78 is 23.4. The lowest BCUT2D eigenvalue weighted by atomic mass is 10.2. The monoisotopic (exact) mass is 594 g/mol. The van der Waals surface area contributed by atoms with Crippen LogP contribution < -0.4 is 20.3 Å². The third-order valence-corrected chi connectivity index (χ3v) is 6.45. The summed E-state index contributed by atoms with van der Waals surface area (Å²) in [6.45, 7) is 4.23. The van der Waals surface area contributed by atoms with E-state index in [1.165, 1.54) is 0 Å². The minimum Gasteiger partial charge on any atom is -0.458 e. The summed E-state index contributed by atoms with van der Waals surface area (Å²) in [5, 5.41) is 8.31. The SMILES string of the molecule is C/C(=N\NC(=O)c1ccc(O[C@H]2OCCO[C@@H]2Oc2ccc(C(=O)N/N=C(\C)c3ccncc3)cc2)cc1)c1ccncc1. The zero-order valence-corrected chi connectivity index (χ0v) is 24.0. The molecule has 0 spiro atoms. The number of benzene rings is 2. The van der Waals surface area contributed by atoms with Gasteiger partial charge in [0.15, 0.2) is 0 Å². The fourth-order valence-corrected chi connectivity index (χ4v) is 4.02. The Labute approximate surface area is 253 Å². The molecule has 1 aliphatic rings. The minimum atomic E-state index is -0.871. The molecule has 0 unspecified atom stereocenters. The van der Waals surface area contributed by atoms with Crippen molar-refractivity contribution >= 4 is 23.2 Å². The van der Waals surface area contributed by atoms with Crippen LogP contribution in [0, 0.1) is 0 Å². The highest BCUT2D eigenvalue weighted by atomic mass is 16.8. The van der Waals surface area contributed by atoms with Crippen LogP contribution in [0.3, 0.4) is 0 Å². The van der Waals surface area contributed by atoms with Crippen LogP contribution in [0.15, 0.2) is 108 Å². The van der Waals surface area contributed by atoms with Gasteiger partial charge in [0.25, 0.3) is 24.4 Å². The van der Waals surface area contributed by atoms with Gasteiger partial charge in [-0.15, -0.1) is 0 Å². The molecule has 2 atom stereocenters. The Hall–Kier alpha value is -5.46. The van der Waals surface area contributed by atoms with Crippen LogP contribution in [0.25, 0.3) is 0 Å². The molecule has 1 aliphatic heterocycles. The smallest absolute Gasteiger partial charge is 0.271 e. The molecule has 0 saturated carbocycles. The summed E-state index contributed by atoms with van der Waals surface area (Å²) >= 11 is 0. The molecule has 224 valence electrons. The first-order valence-corrected chi connectivity index (χ1v) is 13.7. The largest absolute Gasteiger partial charge is 0.458 e. The number of nitrogens with one attached hydrogen (secondary N) is 2. The second-order valence-electron chi connectivity index (χ2n) is 9.51. The van der Waals surface area contributed by atoms with Crippen molar-refractivity contribution < 1.29 is 28.5 Å². The molecule has 0 bridgehead atoms. The van der Waals surface area contributed by atoms with Gasteiger partial charge < -0.3 is 18.9 Å². The van der Waals surface area contributed by atoms with Crippen molar-refractivity contribution in [1.82, 2.24) is 20.8 Å². The fourth-order valence-electron chi connectivity index (χ4n) is 4.02. The van der Waals surface area contributed by atoms with Gasteiger partial charge in [0.05, 0.1) is 24.6 Å². The minimum absolute atomic E-state index is 0.318. The van der Waals surface area contributed by atoms with Gasteiger partial charge in [-0.2, -0.15) is 10.2 Å². The number of ether oxygens (including phenoxy) is 4. The van der Waals surface area contributed by atoms with Gasteiger partial charge in [-0.05, 0) is 86.6 Å². The van der Waals surface area contributed by atoms with Crippen LogP contribution in [0.1, 0.15) is 45.7 Å². The van der Waals surface area contributed by atoms with E-state index in [-0.39, 0.29) is 11.8 Å². The van der Waals surface area contributed by atoms with Crippen molar-refractivity contribution in [3.63, 3.8) is 0 Å². The Bertz CT molecular complexity index is 1490. The normalized spacial score (nSPS) is 17.0. The molecule has 3 heterocycles. The zero-order valence-electron chi connectivity index (χ0n) is 24.0. The van der Waals surface area contributed by atoms with Gasteiger partial charge in [-0.1, -0.05) is 0 Å². The predicted molar refractivity (Wildman–Crippen MR) is 161 cm³/mol. The van der Waals surface area contributed by atoms with Crippen molar-refractivity contribution in [2.24, 2.45) is 10.2 Å². The Balaban J connectivity index is 1.14. The van der Waals surface area contributed by atoms with Gasteiger partial charge >= 0.3 is 0 Å². The molecule has 0 radical (unpaired) electrons. The van der Waals surface area contributed by atoms with E-state index >= 15 is 0 Å². The van der Waals surface area contributed by atoms with Gasteiger partial charge in [-0.3, -0.25) is 19.6 Å². The first-order valence-electron chi connectivity index (χ1n) is 13.7. The molecule has 4 aromatic rings. The second kappa shape index (κ2) is 14.6. The lowest BCUT2D eigenvalue weighted by Gasteiger charge is -2.31. The quantitative estimate of drug-likeness (QED) is 0.207. The highest BCUT2D eigenvalue weighted by molar-refractivity contribution is 6.01. The lowest BCUT2D eigenvalue weighted by molar-refractivity contribution is -0.271. The highest BCUT2D eigenvalue weighted by Gasteiger charge is 2.31. The first-order chi connectivity index (χ1) is 21.5. The van der Waals surface area contributed by atoms with E-state index in [0.717, 1.165) is 11.1 Å². The predicted octanol–water partition coefficient (Wildman–Crippen LogP) is 3.94. The summed E-state index contributed by atoms with van der Waals surface area (Å²) in [4.78, 5) is 33.1. The van der Waals surface area contributed by atoms with Gasteiger partial charge in [0.2, 0.25) is 0 Å². The van der Waals surface area contributed by atoms with Crippen molar-refractivity contribution in [2.75, 3.05) is 13.2 Å². The van der Waals surface area contributed by atoms with Crippen LogP contribution in [0.2, 0.25) is 0 Å². The number of hydrogen-bond donors (Lipinski definition) is 2. The maximum atomic E-state index is 12.6. The third kappa shape index (κ3) is 8.09. The highest BCUT2D eigenvalue weighted by Crippen LogP contribution is 2.22. The molecule has 2 aromatic carbocycles. The van der Waals surface area contributed by atoms with Crippen molar-refractivity contribution in [1.29, 1.82) is 0 Å². The number of rotatable bonds is 10. The molecule has 2 N–H and O–H groups in total. The number of carbonyl (C=O) groups excluding carboxylic acids is 2.